The zero-order chi connectivity index (χ0) is 16.9. The maximum absolute atomic E-state index is 14.2. The molecule has 0 spiro atoms. The number of ketones is 1. The Bertz CT molecular complexity index is 886. The topological polar surface area (TPSA) is 44.1 Å². The number of aromatic nitrogens is 2. The summed E-state index contributed by atoms with van der Waals surface area (Å²) in [5, 5.41) is 0. The first-order valence-corrected chi connectivity index (χ1v) is 7.32. The second kappa shape index (κ2) is 6.91. The molecule has 120 valence electrons. The molecule has 0 fully saturated rings. The van der Waals surface area contributed by atoms with Crippen LogP contribution in [-0.4, -0.2) is 22.4 Å². The molecule has 1 heterocycles. The average Bonchev–Trinajstić information content (AvgIpc) is 3.14. The van der Waals surface area contributed by atoms with Gasteiger partial charge in [0.1, 0.15) is 11.6 Å². The van der Waals surface area contributed by atoms with Gasteiger partial charge < -0.3 is 9.30 Å². The van der Waals surface area contributed by atoms with E-state index in [1.54, 1.807) is 66.5 Å². The van der Waals surface area contributed by atoms with Gasteiger partial charge in [0.25, 0.3) is 0 Å². The van der Waals surface area contributed by atoms with E-state index in [0.29, 0.717) is 22.6 Å². The fraction of sp³-hybridized carbons (Fsp3) is 0.0526. The van der Waals surface area contributed by atoms with Gasteiger partial charge in [0, 0.05) is 18.0 Å². The fourth-order valence-electron chi connectivity index (χ4n) is 2.28. The van der Waals surface area contributed by atoms with E-state index in [4.69, 9.17) is 4.74 Å². The maximum Gasteiger partial charge on any atom is 0.185 e. The van der Waals surface area contributed by atoms with E-state index in [9.17, 15) is 9.18 Å². The van der Waals surface area contributed by atoms with Crippen molar-refractivity contribution >= 4 is 11.9 Å². The summed E-state index contributed by atoms with van der Waals surface area (Å²) in [5.74, 6) is 0.0574. The Balaban J connectivity index is 1.79. The van der Waals surface area contributed by atoms with Gasteiger partial charge in [-0.1, -0.05) is 24.3 Å². The minimum Gasteiger partial charge on any atom is -0.497 e. The highest BCUT2D eigenvalue weighted by Gasteiger charge is 2.06. The molecule has 2 aromatic carbocycles. The molecule has 24 heavy (non-hydrogen) atoms. The smallest absolute Gasteiger partial charge is 0.185 e. The summed E-state index contributed by atoms with van der Waals surface area (Å²) >= 11 is 0. The van der Waals surface area contributed by atoms with Gasteiger partial charge in [-0.2, -0.15) is 0 Å². The van der Waals surface area contributed by atoms with Gasteiger partial charge in [0.2, 0.25) is 0 Å². The lowest BCUT2D eigenvalue weighted by Crippen LogP contribution is -1.96. The van der Waals surface area contributed by atoms with Gasteiger partial charge in [0.15, 0.2) is 5.78 Å². The quantitative estimate of drug-likeness (QED) is 0.528. The highest BCUT2D eigenvalue weighted by molar-refractivity contribution is 6.07. The largest absolute Gasteiger partial charge is 0.497 e. The number of rotatable bonds is 5. The molecule has 0 amide bonds. The van der Waals surface area contributed by atoms with Crippen LogP contribution in [0.2, 0.25) is 0 Å². The molecule has 3 aromatic rings. The summed E-state index contributed by atoms with van der Waals surface area (Å²) < 4.78 is 20.9. The van der Waals surface area contributed by atoms with Gasteiger partial charge in [-0.15, -0.1) is 0 Å². The third kappa shape index (κ3) is 3.41. The summed E-state index contributed by atoms with van der Waals surface area (Å²) in [7, 11) is 1.55. The Morgan fingerprint density at radius 3 is 2.83 bits per heavy atom. The van der Waals surface area contributed by atoms with Crippen LogP contribution in [0.25, 0.3) is 11.8 Å². The number of methoxy groups -OCH3 is 1. The molecule has 1 aromatic heterocycles. The molecule has 0 saturated carbocycles. The Morgan fingerprint density at radius 1 is 1.25 bits per heavy atom. The van der Waals surface area contributed by atoms with Crippen molar-refractivity contribution in [2.45, 2.75) is 0 Å². The van der Waals surface area contributed by atoms with E-state index in [1.165, 1.54) is 18.5 Å². The van der Waals surface area contributed by atoms with Crippen molar-refractivity contribution < 1.29 is 13.9 Å². The molecule has 3 rings (SSSR count). The number of benzene rings is 2. The number of ether oxygens (including phenoxy) is 1. The van der Waals surface area contributed by atoms with Gasteiger partial charge in [0.05, 0.1) is 19.1 Å². The second-order valence-corrected chi connectivity index (χ2v) is 5.11. The normalized spacial score (nSPS) is 10.9. The Labute approximate surface area is 138 Å². The number of hydrogen-bond donors (Lipinski definition) is 0. The van der Waals surface area contributed by atoms with Crippen LogP contribution in [-0.2, 0) is 0 Å². The van der Waals surface area contributed by atoms with Crippen molar-refractivity contribution in [2.24, 2.45) is 0 Å². The number of imidazole rings is 1. The zero-order valence-electron chi connectivity index (χ0n) is 13.0. The number of halogens is 1. The van der Waals surface area contributed by atoms with E-state index in [0.717, 1.165) is 0 Å². The van der Waals surface area contributed by atoms with Crippen LogP contribution in [0.4, 0.5) is 4.39 Å². The van der Waals surface area contributed by atoms with Gasteiger partial charge in [-0.25, -0.2) is 9.37 Å². The van der Waals surface area contributed by atoms with E-state index >= 15 is 0 Å². The van der Waals surface area contributed by atoms with Crippen molar-refractivity contribution in [3.63, 3.8) is 0 Å². The van der Waals surface area contributed by atoms with E-state index < -0.39 is 0 Å². The first kappa shape index (κ1) is 15.7. The molecule has 5 heteroatoms. The molecule has 0 N–H and O–H groups in total. The molecule has 0 radical (unpaired) electrons. The summed E-state index contributed by atoms with van der Waals surface area (Å²) in [6.45, 7) is 0. The SMILES string of the molecule is COc1cccc(C(=O)/C=C/c2ccc(-n3ccnc3)c(F)c2)c1. The Morgan fingerprint density at radius 2 is 2.12 bits per heavy atom. The molecular weight excluding hydrogens is 307 g/mol. The summed E-state index contributed by atoms with van der Waals surface area (Å²) in [5.41, 5.74) is 1.53. The average molecular weight is 322 g/mol. The van der Waals surface area contributed by atoms with Crippen molar-refractivity contribution in [2.75, 3.05) is 7.11 Å². The lowest BCUT2D eigenvalue weighted by atomic mass is 10.1. The minimum atomic E-state index is -0.385. The monoisotopic (exact) mass is 322 g/mol. The van der Waals surface area contributed by atoms with E-state index in [2.05, 4.69) is 4.98 Å². The molecular formula is C19H15FN2O2. The summed E-state index contributed by atoms with van der Waals surface area (Å²) in [6, 6.07) is 11.7. The predicted octanol–water partition coefficient (Wildman–Crippen LogP) is 3.92. The van der Waals surface area contributed by atoms with Crippen LogP contribution in [0.3, 0.4) is 0 Å². The number of hydrogen-bond acceptors (Lipinski definition) is 3. The molecule has 4 nitrogen and oxygen atoms in total. The van der Waals surface area contributed by atoms with Crippen LogP contribution >= 0.6 is 0 Å². The van der Waals surface area contributed by atoms with E-state index in [-0.39, 0.29) is 11.6 Å². The Kier molecular flexibility index (Phi) is 4.52. The van der Waals surface area contributed by atoms with E-state index in [1.807, 2.05) is 0 Å². The van der Waals surface area contributed by atoms with Crippen LogP contribution in [0.1, 0.15) is 15.9 Å². The number of carbonyl (C=O) groups excluding carboxylic acids is 1. The standard InChI is InChI=1S/C19H15FN2O2/c1-24-16-4-2-3-15(12-16)19(23)8-6-14-5-7-18(17(20)11-14)22-10-9-21-13-22/h2-13H,1H3/b8-6+. The van der Waals surface area contributed by atoms with Gasteiger partial charge in [-0.3, -0.25) is 4.79 Å². The summed E-state index contributed by atoms with van der Waals surface area (Å²) in [4.78, 5) is 16.1. The number of nitrogens with zero attached hydrogens (tertiary/aromatic N) is 2. The van der Waals surface area contributed by atoms with Crippen LogP contribution in [0, 0.1) is 5.82 Å². The maximum atomic E-state index is 14.2. The number of carbonyl (C=O) groups is 1. The molecule has 0 bridgehead atoms. The first-order valence-electron chi connectivity index (χ1n) is 7.32. The van der Waals surface area contributed by atoms with Crippen LogP contribution in [0.5, 0.6) is 5.75 Å². The third-order valence-corrected chi connectivity index (χ3v) is 3.54. The second-order valence-electron chi connectivity index (χ2n) is 5.11. The first-order chi connectivity index (χ1) is 11.7. The fourth-order valence-corrected chi connectivity index (χ4v) is 2.28. The highest BCUT2D eigenvalue weighted by atomic mass is 19.1. The molecule has 0 unspecified atom stereocenters. The van der Waals surface area contributed by atoms with Gasteiger partial charge in [-0.05, 0) is 35.9 Å². The number of allylic oxidation sites excluding steroid dienone is 1. The highest BCUT2D eigenvalue weighted by Crippen LogP contribution is 2.17. The van der Waals surface area contributed by atoms with Gasteiger partial charge >= 0.3 is 0 Å². The minimum absolute atomic E-state index is 0.173. The van der Waals surface area contributed by atoms with Crippen molar-refractivity contribution in [1.82, 2.24) is 9.55 Å². The predicted molar refractivity (Wildman–Crippen MR) is 89.9 cm³/mol. The van der Waals surface area contributed by atoms with Crippen molar-refractivity contribution in [3.05, 3.63) is 84.2 Å². The zero-order valence-corrected chi connectivity index (χ0v) is 13.0. The lowest BCUT2D eigenvalue weighted by Gasteiger charge is -2.04. The molecule has 0 aliphatic carbocycles. The van der Waals surface area contributed by atoms with Crippen molar-refractivity contribution in [1.29, 1.82) is 0 Å². The molecule has 0 atom stereocenters. The molecule has 0 saturated heterocycles. The lowest BCUT2D eigenvalue weighted by molar-refractivity contribution is 0.104. The van der Waals surface area contributed by atoms with Crippen LogP contribution < -0.4 is 4.74 Å². The molecule has 0 aliphatic rings. The van der Waals surface area contributed by atoms with Crippen LogP contribution in [0.15, 0.2) is 67.3 Å². The third-order valence-electron chi connectivity index (χ3n) is 3.54. The Hall–Kier alpha value is -3.21. The summed E-state index contributed by atoms with van der Waals surface area (Å²) in [6.07, 6.45) is 7.78. The molecule has 0 aliphatic heterocycles. The van der Waals surface area contributed by atoms with Crippen molar-refractivity contribution in [3.8, 4) is 11.4 Å².